The Bertz CT molecular complexity index is 617. The van der Waals surface area contributed by atoms with Gasteiger partial charge in [-0.25, -0.2) is 19.2 Å². The van der Waals surface area contributed by atoms with Crippen LogP contribution in [-0.2, 0) is 6.54 Å². The largest absolute Gasteiger partial charge is 0.478 e. The Morgan fingerprint density at radius 1 is 1.47 bits per heavy atom. The molecule has 19 heavy (non-hydrogen) atoms. The van der Waals surface area contributed by atoms with Gasteiger partial charge in [0.05, 0.1) is 12.2 Å². The molecule has 0 saturated carbocycles. The summed E-state index contributed by atoms with van der Waals surface area (Å²) in [5, 5.41) is 11.9. The lowest BCUT2D eigenvalue weighted by Gasteiger charge is -2.08. The van der Waals surface area contributed by atoms with Crippen LogP contribution in [0.2, 0.25) is 0 Å². The van der Waals surface area contributed by atoms with E-state index in [0.29, 0.717) is 16.9 Å². The molecule has 6 heteroatoms. The number of aromatic nitrogens is 2. The Balaban J connectivity index is 2.14. The van der Waals surface area contributed by atoms with Crippen molar-refractivity contribution in [2.75, 3.05) is 5.32 Å². The summed E-state index contributed by atoms with van der Waals surface area (Å²) in [4.78, 5) is 18.5. The third-order valence-electron chi connectivity index (χ3n) is 2.66. The summed E-state index contributed by atoms with van der Waals surface area (Å²) >= 11 is 0. The van der Waals surface area contributed by atoms with Crippen LogP contribution in [0.4, 0.5) is 10.1 Å². The average Bonchev–Trinajstić information content (AvgIpc) is 2.40. The summed E-state index contributed by atoms with van der Waals surface area (Å²) in [5.74, 6) is -1.40. The number of halogens is 1. The van der Waals surface area contributed by atoms with Gasteiger partial charge in [0, 0.05) is 11.9 Å². The number of benzene rings is 1. The van der Waals surface area contributed by atoms with Gasteiger partial charge in [-0.1, -0.05) is 6.07 Å². The molecule has 1 heterocycles. The van der Waals surface area contributed by atoms with Gasteiger partial charge < -0.3 is 10.4 Å². The number of carboxylic acids is 1. The third kappa shape index (κ3) is 3.04. The minimum atomic E-state index is -1.09. The Morgan fingerprint density at radius 3 is 2.95 bits per heavy atom. The Morgan fingerprint density at radius 2 is 2.26 bits per heavy atom. The molecule has 98 valence electrons. The van der Waals surface area contributed by atoms with Crippen LogP contribution in [0.3, 0.4) is 0 Å². The van der Waals surface area contributed by atoms with Gasteiger partial charge >= 0.3 is 5.97 Å². The van der Waals surface area contributed by atoms with Crippen molar-refractivity contribution in [1.82, 2.24) is 9.97 Å². The van der Waals surface area contributed by atoms with Gasteiger partial charge in [-0.3, -0.25) is 0 Å². The highest BCUT2D eigenvalue weighted by atomic mass is 19.1. The van der Waals surface area contributed by atoms with Crippen LogP contribution in [0.15, 0.2) is 30.7 Å². The molecule has 2 rings (SSSR count). The lowest BCUT2D eigenvalue weighted by molar-refractivity contribution is 0.0694. The number of aromatic carboxylic acids is 1. The van der Waals surface area contributed by atoms with Gasteiger partial charge in [-0.15, -0.1) is 0 Å². The molecule has 0 aliphatic rings. The predicted molar refractivity (Wildman–Crippen MR) is 67.5 cm³/mol. The van der Waals surface area contributed by atoms with Gasteiger partial charge in [0.15, 0.2) is 0 Å². The molecule has 0 bridgehead atoms. The molecule has 1 aromatic heterocycles. The van der Waals surface area contributed by atoms with E-state index in [2.05, 4.69) is 15.3 Å². The van der Waals surface area contributed by atoms with E-state index < -0.39 is 5.97 Å². The SMILES string of the molecule is Cc1ccc(NCc2ncncc2C(=O)O)cc1F. The zero-order valence-electron chi connectivity index (χ0n) is 10.2. The molecule has 0 fully saturated rings. The first-order chi connectivity index (χ1) is 9.08. The summed E-state index contributed by atoms with van der Waals surface area (Å²) in [5.41, 5.74) is 1.50. The molecule has 5 nitrogen and oxygen atoms in total. The number of hydrogen-bond donors (Lipinski definition) is 2. The summed E-state index contributed by atoms with van der Waals surface area (Å²) in [6.45, 7) is 1.86. The molecule has 0 aliphatic heterocycles. The quantitative estimate of drug-likeness (QED) is 0.882. The summed E-state index contributed by atoms with van der Waals surface area (Å²) < 4.78 is 13.4. The van der Waals surface area contributed by atoms with Gasteiger partial charge in [0.2, 0.25) is 0 Å². The van der Waals surface area contributed by atoms with Crippen molar-refractivity contribution in [2.24, 2.45) is 0 Å². The van der Waals surface area contributed by atoms with Crippen LogP contribution in [0.5, 0.6) is 0 Å². The zero-order valence-corrected chi connectivity index (χ0v) is 10.2. The molecule has 0 atom stereocenters. The maximum Gasteiger partial charge on any atom is 0.339 e. The maximum absolute atomic E-state index is 13.4. The first-order valence-corrected chi connectivity index (χ1v) is 5.60. The van der Waals surface area contributed by atoms with E-state index in [1.54, 1.807) is 19.1 Å². The van der Waals surface area contributed by atoms with E-state index in [1.807, 2.05) is 0 Å². The van der Waals surface area contributed by atoms with Crippen molar-refractivity contribution >= 4 is 11.7 Å². The first-order valence-electron chi connectivity index (χ1n) is 5.60. The second-order valence-electron chi connectivity index (χ2n) is 4.01. The number of carboxylic acid groups (broad SMARTS) is 1. The van der Waals surface area contributed by atoms with Crippen LogP contribution in [0.1, 0.15) is 21.6 Å². The van der Waals surface area contributed by atoms with E-state index in [9.17, 15) is 9.18 Å². The molecule has 0 spiro atoms. The summed E-state index contributed by atoms with van der Waals surface area (Å²) in [6.07, 6.45) is 2.52. The second-order valence-corrected chi connectivity index (χ2v) is 4.01. The minimum Gasteiger partial charge on any atom is -0.478 e. The van der Waals surface area contributed by atoms with E-state index >= 15 is 0 Å². The van der Waals surface area contributed by atoms with Gasteiger partial charge in [-0.05, 0) is 24.6 Å². The lowest BCUT2D eigenvalue weighted by Crippen LogP contribution is -2.10. The first kappa shape index (κ1) is 12.9. The van der Waals surface area contributed by atoms with Crippen LogP contribution in [0, 0.1) is 12.7 Å². The second kappa shape index (κ2) is 5.43. The molecule has 2 N–H and O–H groups in total. The van der Waals surface area contributed by atoms with Crippen LogP contribution in [0.25, 0.3) is 0 Å². The number of hydrogen-bond acceptors (Lipinski definition) is 4. The molecular formula is C13H12FN3O2. The monoisotopic (exact) mass is 261 g/mol. The smallest absolute Gasteiger partial charge is 0.339 e. The van der Waals surface area contributed by atoms with Crippen molar-refractivity contribution < 1.29 is 14.3 Å². The fourth-order valence-corrected chi connectivity index (χ4v) is 1.56. The zero-order chi connectivity index (χ0) is 13.8. The number of nitrogens with zero attached hydrogens (tertiary/aromatic N) is 2. The van der Waals surface area contributed by atoms with Crippen molar-refractivity contribution in [3.8, 4) is 0 Å². The highest BCUT2D eigenvalue weighted by molar-refractivity contribution is 5.88. The molecule has 0 unspecified atom stereocenters. The third-order valence-corrected chi connectivity index (χ3v) is 2.66. The number of nitrogens with one attached hydrogen (secondary N) is 1. The lowest BCUT2D eigenvalue weighted by atomic mass is 10.2. The predicted octanol–water partition coefficient (Wildman–Crippen LogP) is 2.23. The van der Waals surface area contributed by atoms with Crippen LogP contribution >= 0.6 is 0 Å². The van der Waals surface area contributed by atoms with E-state index in [4.69, 9.17) is 5.11 Å². The minimum absolute atomic E-state index is 0.0302. The number of anilines is 1. The van der Waals surface area contributed by atoms with Crippen LogP contribution in [-0.4, -0.2) is 21.0 Å². The van der Waals surface area contributed by atoms with E-state index in [1.165, 1.54) is 18.6 Å². The van der Waals surface area contributed by atoms with Crippen molar-refractivity contribution in [3.05, 3.63) is 53.4 Å². The fourth-order valence-electron chi connectivity index (χ4n) is 1.56. The van der Waals surface area contributed by atoms with Crippen molar-refractivity contribution in [2.45, 2.75) is 13.5 Å². The topological polar surface area (TPSA) is 75.1 Å². The average molecular weight is 261 g/mol. The Kier molecular flexibility index (Phi) is 3.70. The highest BCUT2D eigenvalue weighted by Crippen LogP contribution is 2.15. The molecule has 2 aromatic rings. The number of rotatable bonds is 4. The standard InChI is InChI=1S/C13H12FN3O2/c1-8-2-3-9(4-11(8)14)16-6-12-10(13(18)19)5-15-7-17-12/h2-5,7,16H,6H2,1H3,(H,18,19). The molecular weight excluding hydrogens is 249 g/mol. The van der Waals surface area contributed by atoms with Crippen molar-refractivity contribution in [1.29, 1.82) is 0 Å². The van der Waals surface area contributed by atoms with E-state index in [0.717, 1.165) is 0 Å². The Hall–Kier alpha value is -2.50. The van der Waals surface area contributed by atoms with Gasteiger partial charge in [0.25, 0.3) is 0 Å². The summed E-state index contributed by atoms with van der Waals surface area (Å²) in [7, 11) is 0. The molecule has 0 amide bonds. The van der Waals surface area contributed by atoms with Crippen LogP contribution < -0.4 is 5.32 Å². The molecule has 0 aliphatic carbocycles. The van der Waals surface area contributed by atoms with Gasteiger partial charge in [0.1, 0.15) is 17.7 Å². The summed E-state index contributed by atoms with van der Waals surface area (Å²) in [6, 6.07) is 4.73. The van der Waals surface area contributed by atoms with Gasteiger partial charge in [-0.2, -0.15) is 0 Å². The number of aryl methyl sites for hydroxylation is 1. The normalized spacial score (nSPS) is 10.2. The fraction of sp³-hybridized carbons (Fsp3) is 0.154. The molecule has 0 saturated heterocycles. The number of carbonyl (C=O) groups is 1. The Labute approximate surface area is 109 Å². The molecule has 1 aromatic carbocycles. The molecule has 0 radical (unpaired) electrons. The van der Waals surface area contributed by atoms with Crippen molar-refractivity contribution in [3.63, 3.8) is 0 Å². The van der Waals surface area contributed by atoms with E-state index in [-0.39, 0.29) is 17.9 Å². The maximum atomic E-state index is 13.4. The highest BCUT2D eigenvalue weighted by Gasteiger charge is 2.11.